The van der Waals surface area contributed by atoms with E-state index in [0.29, 0.717) is 17.3 Å². The molecule has 1 fully saturated rings. The number of carbonyl (C=O) groups is 1. The highest BCUT2D eigenvalue weighted by molar-refractivity contribution is 6.30. The molecule has 0 bridgehead atoms. The topological polar surface area (TPSA) is 60.2 Å². The highest BCUT2D eigenvalue weighted by Crippen LogP contribution is 2.27. The number of nitrogens with zero attached hydrogens (tertiary/aromatic N) is 4. The van der Waals surface area contributed by atoms with Crippen LogP contribution in [-0.4, -0.2) is 45.8 Å². The van der Waals surface area contributed by atoms with E-state index in [9.17, 15) is 4.79 Å². The number of benzene rings is 1. The second kappa shape index (κ2) is 7.21. The summed E-state index contributed by atoms with van der Waals surface area (Å²) in [6.07, 6.45) is 3.98. The number of hydrogen-bond acceptors (Lipinski definition) is 4. The molecule has 2 aromatic rings. The lowest BCUT2D eigenvalue weighted by atomic mass is 9.96. The molecule has 1 aliphatic heterocycles. The minimum atomic E-state index is 0.0856. The molecule has 0 radical (unpaired) electrons. The van der Waals surface area contributed by atoms with E-state index in [1.54, 1.807) is 31.6 Å². The van der Waals surface area contributed by atoms with E-state index in [0.717, 1.165) is 30.8 Å². The molecule has 0 N–H and O–H groups in total. The maximum absolute atomic E-state index is 12.7. The largest absolute Gasteiger partial charge is 0.496 e. The summed E-state index contributed by atoms with van der Waals surface area (Å²) in [4.78, 5) is 14.6. The molecule has 0 unspecified atom stereocenters. The molecule has 128 valence electrons. The Labute approximate surface area is 146 Å². The summed E-state index contributed by atoms with van der Waals surface area (Å²) in [7, 11) is 3.54. The third-order valence-electron chi connectivity index (χ3n) is 4.47. The molecule has 7 heteroatoms. The highest BCUT2D eigenvalue weighted by Gasteiger charge is 2.27. The van der Waals surface area contributed by atoms with Gasteiger partial charge in [-0.2, -0.15) is 0 Å². The molecule has 1 aromatic carbocycles. The highest BCUT2D eigenvalue weighted by atomic mass is 35.5. The lowest BCUT2D eigenvalue weighted by Crippen LogP contribution is -2.40. The predicted molar refractivity (Wildman–Crippen MR) is 91.3 cm³/mol. The van der Waals surface area contributed by atoms with E-state index in [4.69, 9.17) is 16.3 Å². The van der Waals surface area contributed by atoms with Crippen molar-refractivity contribution in [2.75, 3.05) is 20.2 Å². The van der Waals surface area contributed by atoms with Crippen LogP contribution in [0.5, 0.6) is 5.75 Å². The maximum Gasteiger partial charge on any atom is 0.227 e. The zero-order valence-electron chi connectivity index (χ0n) is 13.9. The normalized spacial score (nSPS) is 17.8. The fourth-order valence-corrected chi connectivity index (χ4v) is 3.43. The van der Waals surface area contributed by atoms with Gasteiger partial charge in [0, 0.05) is 36.6 Å². The van der Waals surface area contributed by atoms with Crippen LogP contribution in [0.25, 0.3) is 0 Å². The third kappa shape index (κ3) is 3.53. The number of hydrogen-bond donors (Lipinski definition) is 0. The van der Waals surface area contributed by atoms with Gasteiger partial charge in [0.15, 0.2) is 0 Å². The maximum atomic E-state index is 12.7. The van der Waals surface area contributed by atoms with Gasteiger partial charge in [0.25, 0.3) is 0 Å². The second-order valence-electron chi connectivity index (χ2n) is 6.11. The van der Waals surface area contributed by atoms with Crippen LogP contribution in [-0.2, 0) is 18.3 Å². The quantitative estimate of drug-likeness (QED) is 0.851. The number of aryl methyl sites for hydroxylation is 1. The fourth-order valence-electron chi connectivity index (χ4n) is 3.24. The Morgan fingerprint density at radius 2 is 2.29 bits per heavy atom. The van der Waals surface area contributed by atoms with Crippen LogP contribution in [0, 0.1) is 0 Å². The van der Waals surface area contributed by atoms with Crippen LogP contribution < -0.4 is 4.74 Å². The Morgan fingerprint density at radius 3 is 3.00 bits per heavy atom. The van der Waals surface area contributed by atoms with Crippen molar-refractivity contribution < 1.29 is 9.53 Å². The lowest BCUT2D eigenvalue weighted by molar-refractivity contribution is -0.131. The number of piperidine rings is 1. The molecule has 1 atom stereocenters. The van der Waals surface area contributed by atoms with E-state index < -0.39 is 0 Å². The van der Waals surface area contributed by atoms with Crippen LogP contribution in [0.2, 0.25) is 5.02 Å². The number of rotatable bonds is 4. The summed E-state index contributed by atoms with van der Waals surface area (Å²) in [5.41, 5.74) is 0.816. The molecular weight excluding hydrogens is 328 g/mol. The van der Waals surface area contributed by atoms with Crippen molar-refractivity contribution in [2.24, 2.45) is 7.05 Å². The molecule has 24 heavy (non-hydrogen) atoms. The van der Waals surface area contributed by atoms with Gasteiger partial charge in [0.1, 0.15) is 17.9 Å². The number of amides is 1. The van der Waals surface area contributed by atoms with E-state index in [-0.39, 0.29) is 18.2 Å². The molecule has 1 amide bonds. The number of aromatic nitrogens is 3. The zero-order chi connectivity index (χ0) is 17.1. The third-order valence-corrected chi connectivity index (χ3v) is 4.70. The van der Waals surface area contributed by atoms with E-state index in [2.05, 4.69) is 10.2 Å². The Hall–Kier alpha value is -2.08. The summed E-state index contributed by atoms with van der Waals surface area (Å²) < 4.78 is 7.26. The van der Waals surface area contributed by atoms with Gasteiger partial charge in [0.05, 0.1) is 13.5 Å². The van der Waals surface area contributed by atoms with E-state index >= 15 is 0 Å². The minimum Gasteiger partial charge on any atom is -0.496 e. The molecular formula is C17H21ClN4O2. The van der Waals surface area contributed by atoms with Crippen LogP contribution in [0.4, 0.5) is 0 Å². The average molecular weight is 349 g/mol. The number of likely N-dealkylation sites (tertiary alicyclic amines) is 1. The minimum absolute atomic E-state index is 0.0856. The predicted octanol–water partition coefficient (Wildman–Crippen LogP) is 2.43. The van der Waals surface area contributed by atoms with Gasteiger partial charge in [-0.3, -0.25) is 4.79 Å². The van der Waals surface area contributed by atoms with Gasteiger partial charge >= 0.3 is 0 Å². The van der Waals surface area contributed by atoms with E-state index in [1.807, 2.05) is 16.5 Å². The van der Waals surface area contributed by atoms with Crippen molar-refractivity contribution in [1.29, 1.82) is 0 Å². The Kier molecular flexibility index (Phi) is 5.04. The Balaban J connectivity index is 1.71. The lowest BCUT2D eigenvalue weighted by Gasteiger charge is -2.32. The summed E-state index contributed by atoms with van der Waals surface area (Å²) >= 11 is 6.05. The smallest absolute Gasteiger partial charge is 0.227 e. The van der Waals surface area contributed by atoms with Gasteiger partial charge in [-0.05, 0) is 31.0 Å². The summed E-state index contributed by atoms with van der Waals surface area (Å²) in [6, 6.07) is 5.35. The molecule has 1 saturated heterocycles. The monoisotopic (exact) mass is 348 g/mol. The van der Waals surface area contributed by atoms with Crippen LogP contribution in [0.15, 0.2) is 24.5 Å². The molecule has 0 aliphatic carbocycles. The number of methoxy groups -OCH3 is 1. The summed E-state index contributed by atoms with van der Waals surface area (Å²) in [5.74, 6) is 1.95. The Morgan fingerprint density at radius 1 is 1.46 bits per heavy atom. The number of carbonyl (C=O) groups excluding carboxylic acids is 1. The van der Waals surface area contributed by atoms with Crippen molar-refractivity contribution in [3.63, 3.8) is 0 Å². The van der Waals surface area contributed by atoms with Gasteiger partial charge < -0.3 is 14.2 Å². The van der Waals surface area contributed by atoms with Crippen LogP contribution in [0.1, 0.15) is 30.1 Å². The molecule has 1 aromatic heterocycles. The van der Waals surface area contributed by atoms with E-state index in [1.165, 1.54) is 0 Å². The fraction of sp³-hybridized carbons (Fsp3) is 0.471. The van der Waals surface area contributed by atoms with Crippen LogP contribution >= 0.6 is 11.6 Å². The molecule has 1 aliphatic rings. The van der Waals surface area contributed by atoms with Gasteiger partial charge in [-0.15, -0.1) is 10.2 Å². The first-order valence-corrected chi connectivity index (χ1v) is 8.40. The van der Waals surface area contributed by atoms with Gasteiger partial charge in [0.2, 0.25) is 5.91 Å². The summed E-state index contributed by atoms with van der Waals surface area (Å²) in [5, 5.41) is 8.74. The Bertz CT molecular complexity index is 731. The van der Waals surface area contributed by atoms with Crippen molar-refractivity contribution in [3.8, 4) is 5.75 Å². The van der Waals surface area contributed by atoms with Gasteiger partial charge in [-0.25, -0.2) is 0 Å². The first-order chi connectivity index (χ1) is 11.6. The zero-order valence-corrected chi connectivity index (χ0v) is 14.7. The van der Waals surface area contributed by atoms with Crippen molar-refractivity contribution in [2.45, 2.75) is 25.2 Å². The van der Waals surface area contributed by atoms with Crippen molar-refractivity contribution >= 4 is 17.5 Å². The molecule has 0 spiro atoms. The SMILES string of the molecule is COc1ccc(Cl)cc1CC(=O)N1CCC[C@H](c2nncn2C)C1. The first-order valence-electron chi connectivity index (χ1n) is 8.02. The number of halogens is 1. The second-order valence-corrected chi connectivity index (χ2v) is 6.55. The summed E-state index contributed by atoms with van der Waals surface area (Å²) in [6.45, 7) is 1.45. The molecule has 6 nitrogen and oxygen atoms in total. The van der Waals surface area contributed by atoms with Crippen molar-refractivity contribution in [1.82, 2.24) is 19.7 Å². The first kappa shape index (κ1) is 16.8. The average Bonchev–Trinajstić information content (AvgIpc) is 3.01. The van der Waals surface area contributed by atoms with Crippen LogP contribution in [0.3, 0.4) is 0 Å². The molecule has 2 heterocycles. The number of ether oxygens (including phenoxy) is 1. The standard InChI is InChI=1S/C17H21ClN4O2/c1-21-11-19-20-17(21)12-4-3-7-22(10-12)16(23)9-13-8-14(18)5-6-15(13)24-2/h5-6,8,11-12H,3-4,7,9-10H2,1-2H3/t12-/m0/s1. The van der Waals surface area contributed by atoms with Gasteiger partial charge in [-0.1, -0.05) is 11.6 Å². The molecule has 3 rings (SSSR count). The molecule has 0 saturated carbocycles. The van der Waals surface area contributed by atoms with Crippen molar-refractivity contribution in [3.05, 3.63) is 40.9 Å².